The molecule has 2 aromatic carbocycles. The Hall–Kier alpha value is -3.46. The highest BCUT2D eigenvalue weighted by molar-refractivity contribution is 6.14. The van der Waals surface area contributed by atoms with Gasteiger partial charge in [0.25, 0.3) is 5.69 Å². The van der Waals surface area contributed by atoms with E-state index >= 15 is 0 Å². The summed E-state index contributed by atoms with van der Waals surface area (Å²) >= 11 is 0. The van der Waals surface area contributed by atoms with E-state index in [9.17, 15) is 20.2 Å². The minimum absolute atomic E-state index is 0.0936. The van der Waals surface area contributed by atoms with E-state index in [0.29, 0.717) is 11.3 Å². The van der Waals surface area contributed by atoms with Crippen LogP contribution >= 0.6 is 0 Å². The number of methoxy groups -OCH3 is 1. The lowest BCUT2D eigenvalue weighted by molar-refractivity contribution is -0.384. The number of hydrogen-bond donors (Lipinski definition) is 0. The highest BCUT2D eigenvalue weighted by Gasteiger charge is 2.15. The molecule has 0 saturated carbocycles. The zero-order valence-electron chi connectivity index (χ0n) is 13.1. The monoisotopic (exact) mass is 322 g/mol. The lowest BCUT2D eigenvalue weighted by Gasteiger charge is -2.05. The second-order valence-electron chi connectivity index (χ2n) is 5.04. The van der Waals surface area contributed by atoms with Crippen molar-refractivity contribution < 1.29 is 14.5 Å². The number of carbonyl (C=O) groups is 1. The fourth-order valence-corrected chi connectivity index (χ4v) is 2.16. The van der Waals surface area contributed by atoms with E-state index in [1.807, 2.05) is 19.1 Å². The molecule has 0 unspecified atom stereocenters. The second-order valence-corrected chi connectivity index (χ2v) is 5.04. The predicted molar refractivity (Wildman–Crippen MR) is 88.7 cm³/mol. The van der Waals surface area contributed by atoms with Gasteiger partial charge in [0.1, 0.15) is 17.4 Å². The van der Waals surface area contributed by atoms with Gasteiger partial charge in [-0.1, -0.05) is 24.3 Å². The summed E-state index contributed by atoms with van der Waals surface area (Å²) in [4.78, 5) is 22.7. The Morgan fingerprint density at radius 2 is 2.04 bits per heavy atom. The van der Waals surface area contributed by atoms with Gasteiger partial charge in [-0.2, -0.15) is 5.26 Å². The number of rotatable bonds is 5. The van der Waals surface area contributed by atoms with Gasteiger partial charge in [-0.25, -0.2) is 0 Å². The number of benzene rings is 2. The van der Waals surface area contributed by atoms with Gasteiger partial charge < -0.3 is 4.74 Å². The van der Waals surface area contributed by atoms with E-state index in [2.05, 4.69) is 0 Å². The maximum absolute atomic E-state index is 12.4. The predicted octanol–water partition coefficient (Wildman–Crippen LogP) is 3.70. The molecule has 0 spiro atoms. The van der Waals surface area contributed by atoms with E-state index in [1.54, 1.807) is 12.1 Å². The van der Waals surface area contributed by atoms with Crippen molar-refractivity contribution >= 4 is 17.5 Å². The number of ether oxygens (including phenoxy) is 1. The van der Waals surface area contributed by atoms with E-state index in [0.717, 1.165) is 11.6 Å². The van der Waals surface area contributed by atoms with Gasteiger partial charge >= 0.3 is 0 Å². The summed E-state index contributed by atoms with van der Waals surface area (Å²) in [6, 6.07) is 12.4. The number of allylic oxidation sites excluding steroid dienone is 1. The van der Waals surface area contributed by atoms with Gasteiger partial charge in [0.2, 0.25) is 5.78 Å². The van der Waals surface area contributed by atoms with Crippen LogP contribution in [0.4, 0.5) is 5.69 Å². The molecule has 0 atom stereocenters. The first kappa shape index (κ1) is 16.9. The number of ketones is 1. The Morgan fingerprint density at radius 1 is 1.29 bits per heavy atom. The molecule has 0 fully saturated rings. The molecule has 0 bridgehead atoms. The van der Waals surface area contributed by atoms with Crippen molar-refractivity contribution in [3.63, 3.8) is 0 Å². The average Bonchev–Trinajstić information content (AvgIpc) is 2.60. The van der Waals surface area contributed by atoms with Crippen molar-refractivity contribution in [1.29, 1.82) is 5.26 Å². The van der Waals surface area contributed by atoms with Crippen LogP contribution in [0, 0.1) is 28.4 Å². The Kier molecular flexibility index (Phi) is 5.07. The first-order chi connectivity index (χ1) is 11.5. The molecule has 0 radical (unpaired) electrons. The highest BCUT2D eigenvalue weighted by atomic mass is 16.6. The fourth-order valence-electron chi connectivity index (χ4n) is 2.16. The summed E-state index contributed by atoms with van der Waals surface area (Å²) in [5.41, 5.74) is 1.35. The molecule has 0 N–H and O–H groups in total. The average molecular weight is 322 g/mol. The maximum Gasteiger partial charge on any atom is 0.270 e. The van der Waals surface area contributed by atoms with Crippen molar-refractivity contribution in [2.75, 3.05) is 7.11 Å². The van der Waals surface area contributed by atoms with Crippen molar-refractivity contribution in [3.8, 4) is 11.8 Å². The molecule has 0 saturated heterocycles. The minimum atomic E-state index is -0.586. The molecule has 6 nitrogen and oxygen atoms in total. The van der Waals surface area contributed by atoms with Crippen LogP contribution in [0.5, 0.6) is 5.75 Å². The normalized spacial score (nSPS) is 10.8. The maximum atomic E-state index is 12.4. The topological polar surface area (TPSA) is 93.2 Å². The number of nitro groups is 1. The molecule has 24 heavy (non-hydrogen) atoms. The molecule has 120 valence electrons. The van der Waals surface area contributed by atoms with E-state index in [4.69, 9.17) is 4.74 Å². The Labute approximate surface area is 138 Å². The zero-order chi connectivity index (χ0) is 17.7. The lowest BCUT2D eigenvalue weighted by atomic mass is 10.0. The van der Waals surface area contributed by atoms with Crippen molar-refractivity contribution in [2.24, 2.45) is 0 Å². The number of carbonyl (C=O) groups excluding carboxylic acids is 1. The third-order valence-electron chi connectivity index (χ3n) is 3.43. The number of aryl methyl sites for hydroxylation is 1. The zero-order valence-corrected chi connectivity index (χ0v) is 13.1. The van der Waals surface area contributed by atoms with Gasteiger partial charge in [-0.3, -0.25) is 14.9 Å². The Morgan fingerprint density at radius 3 is 2.67 bits per heavy atom. The standard InChI is InChI=1S/C18H14N2O4/c1-12-6-7-13(9-17(12)24-2)8-15(11-19)18(21)14-4-3-5-16(10-14)20(22)23/h3-10H,1-2H3/b15-8+. The largest absolute Gasteiger partial charge is 0.496 e. The van der Waals surface area contributed by atoms with Crippen LogP contribution in [-0.2, 0) is 0 Å². The molecule has 0 aliphatic carbocycles. The molecular formula is C18H14N2O4. The second kappa shape index (κ2) is 7.20. The number of Topliss-reactive ketones (excluding diaryl/α,β-unsaturated/α-hetero) is 1. The SMILES string of the molecule is COc1cc(/C=C(\C#N)C(=O)c2cccc([N+](=O)[O-])c2)ccc1C. The summed E-state index contributed by atoms with van der Waals surface area (Å²) < 4.78 is 5.22. The molecule has 2 aromatic rings. The summed E-state index contributed by atoms with van der Waals surface area (Å²) in [5, 5.41) is 20.1. The molecule has 2 rings (SSSR count). The molecule has 0 heterocycles. The van der Waals surface area contributed by atoms with Crippen LogP contribution in [0.3, 0.4) is 0 Å². The van der Waals surface area contributed by atoms with Gasteiger partial charge in [-0.15, -0.1) is 0 Å². The van der Waals surface area contributed by atoms with Crippen molar-refractivity contribution in [3.05, 3.63) is 74.8 Å². The van der Waals surface area contributed by atoms with Crippen LogP contribution in [0.25, 0.3) is 6.08 Å². The lowest BCUT2D eigenvalue weighted by Crippen LogP contribution is -2.03. The van der Waals surface area contributed by atoms with Crippen LogP contribution in [-0.4, -0.2) is 17.8 Å². The molecule has 0 aliphatic heterocycles. The van der Waals surface area contributed by atoms with Crippen LogP contribution < -0.4 is 4.74 Å². The van der Waals surface area contributed by atoms with Gasteiger partial charge in [0, 0.05) is 17.7 Å². The molecule has 0 aromatic heterocycles. The van der Waals surface area contributed by atoms with E-state index < -0.39 is 10.7 Å². The Bertz CT molecular complexity index is 879. The number of nitrogens with zero attached hydrogens (tertiary/aromatic N) is 2. The number of hydrogen-bond acceptors (Lipinski definition) is 5. The third-order valence-corrected chi connectivity index (χ3v) is 3.43. The quantitative estimate of drug-likeness (QED) is 0.275. The van der Waals surface area contributed by atoms with Crippen LogP contribution in [0.1, 0.15) is 21.5 Å². The summed E-state index contributed by atoms with van der Waals surface area (Å²) in [6.07, 6.45) is 1.43. The summed E-state index contributed by atoms with van der Waals surface area (Å²) in [7, 11) is 1.54. The van der Waals surface area contributed by atoms with Crippen molar-refractivity contribution in [2.45, 2.75) is 6.92 Å². The molecule has 0 amide bonds. The van der Waals surface area contributed by atoms with E-state index in [-0.39, 0.29) is 16.8 Å². The number of nitro benzene ring substituents is 1. The molecule has 0 aliphatic rings. The van der Waals surface area contributed by atoms with Gasteiger partial charge in [0.05, 0.1) is 12.0 Å². The highest BCUT2D eigenvalue weighted by Crippen LogP contribution is 2.22. The van der Waals surface area contributed by atoms with Gasteiger partial charge in [-0.05, 0) is 30.2 Å². The third kappa shape index (κ3) is 3.65. The summed E-state index contributed by atoms with van der Waals surface area (Å²) in [6.45, 7) is 1.88. The smallest absolute Gasteiger partial charge is 0.270 e. The van der Waals surface area contributed by atoms with Crippen LogP contribution in [0.15, 0.2) is 48.0 Å². The van der Waals surface area contributed by atoms with E-state index in [1.165, 1.54) is 31.4 Å². The summed E-state index contributed by atoms with van der Waals surface area (Å²) in [5.74, 6) is 0.0737. The van der Waals surface area contributed by atoms with Gasteiger partial charge in [0.15, 0.2) is 0 Å². The molecule has 6 heteroatoms. The Balaban J connectivity index is 2.41. The van der Waals surface area contributed by atoms with Crippen LogP contribution in [0.2, 0.25) is 0 Å². The number of nitriles is 1. The number of non-ortho nitro benzene ring substituents is 1. The first-order valence-corrected chi connectivity index (χ1v) is 7.02. The minimum Gasteiger partial charge on any atom is -0.496 e. The molecular weight excluding hydrogens is 308 g/mol. The first-order valence-electron chi connectivity index (χ1n) is 7.02. The fraction of sp³-hybridized carbons (Fsp3) is 0.111. The van der Waals surface area contributed by atoms with Crippen molar-refractivity contribution in [1.82, 2.24) is 0 Å².